The molecule has 0 aliphatic rings. The number of aliphatic hydroxyl groups excluding tert-OH is 1. The van der Waals surface area contributed by atoms with Gasteiger partial charge in [-0.2, -0.15) is 0 Å². The Labute approximate surface area is 89.1 Å². The Morgan fingerprint density at radius 3 is 2.92 bits per heavy atom. The summed E-state index contributed by atoms with van der Waals surface area (Å²) < 4.78 is 0.660. The number of aromatic nitrogens is 2. The zero-order chi connectivity index (χ0) is 9.84. The largest absolute Gasteiger partial charge is 0.395 e. The highest BCUT2D eigenvalue weighted by atomic mass is 79.9. The van der Waals surface area contributed by atoms with Crippen LogP contribution in [0.4, 0.5) is 5.82 Å². The summed E-state index contributed by atoms with van der Waals surface area (Å²) in [6, 6.07) is 1.63. The molecule has 1 unspecified atom stereocenters. The third kappa shape index (κ3) is 3.50. The average Bonchev–Trinajstić information content (AvgIpc) is 2.02. The molecule has 6 heteroatoms. The second-order valence-corrected chi connectivity index (χ2v) is 4.73. The molecule has 13 heavy (non-hydrogen) atoms. The maximum Gasteiger partial charge on any atom is 0.190 e. The van der Waals surface area contributed by atoms with Crippen LogP contribution in [0.2, 0.25) is 0 Å². The van der Waals surface area contributed by atoms with Crippen LogP contribution in [0, 0.1) is 0 Å². The molecule has 1 atom stereocenters. The summed E-state index contributed by atoms with van der Waals surface area (Å²) in [7, 11) is 0. The molecule has 0 radical (unpaired) electrons. The second-order valence-electron chi connectivity index (χ2n) is 2.51. The van der Waals surface area contributed by atoms with Gasteiger partial charge < -0.3 is 10.8 Å². The van der Waals surface area contributed by atoms with E-state index in [1.807, 2.05) is 6.92 Å². The van der Waals surface area contributed by atoms with Gasteiger partial charge in [-0.05, 0) is 15.9 Å². The van der Waals surface area contributed by atoms with Crippen molar-refractivity contribution in [2.24, 2.45) is 0 Å². The molecule has 0 bridgehead atoms. The molecular formula is C7H10BrN3OS. The predicted molar refractivity (Wildman–Crippen MR) is 56.5 cm³/mol. The molecule has 0 fully saturated rings. The first kappa shape index (κ1) is 10.7. The minimum atomic E-state index is 0.0775. The molecule has 4 nitrogen and oxygen atoms in total. The van der Waals surface area contributed by atoms with Crippen molar-refractivity contribution in [2.45, 2.75) is 17.3 Å². The van der Waals surface area contributed by atoms with Crippen molar-refractivity contribution < 1.29 is 5.11 Å². The number of halogens is 1. The first-order chi connectivity index (χ1) is 6.11. The van der Waals surface area contributed by atoms with Crippen molar-refractivity contribution in [2.75, 3.05) is 12.3 Å². The van der Waals surface area contributed by atoms with Gasteiger partial charge in [0.2, 0.25) is 0 Å². The van der Waals surface area contributed by atoms with Crippen molar-refractivity contribution in [3.63, 3.8) is 0 Å². The lowest BCUT2D eigenvalue weighted by Gasteiger charge is -2.06. The van der Waals surface area contributed by atoms with Crippen molar-refractivity contribution in [3.8, 4) is 0 Å². The van der Waals surface area contributed by atoms with Crippen LogP contribution in [0.5, 0.6) is 0 Å². The zero-order valence-corrected chi connectivity index (χ0v) is 9.47. The van der Waals surface area contributed by atoms with E-state index in [0.29, 0.717) is 15.6 Å². The third-order valence-electron chi connectivity index (χ3n) is 1.26. The fourth-order valence-electron chi connectivity index (χ4n) is 0.683. The lowest BCUT2D eigenvalue weighted by Crippen LogP contribution is -2.04. The first-order valence-electron chi connectivity index (χ1n) is 3.69. The summed E-state index contributed by atoms with van der Waals surface area (Å²) in [6.45, 7) is 1.99. The molecule has 72 valence electrons. The van der Waals surface area contributed by atoms with Crippen LogP contribution in [0.3, 0.4) is 0 Å². The van der Waals surface area contributed by atoms with Crippen LogP contribution in [-0.4, -0.2) is 26.9 Å². The maximum atomic E-state index is 8.82. The fraction of sp³-hybridized carbons (Fsp3) is 0.429. The summed E-state index contributed by atoms with van der Waals surface area (Å²) in [6.07, 6.45) is 0. The van der Waals surface area contributed by atoms with Gasteiger partial charge in [-0.15, -0.1) is 0 Å². The van der Waals surface area contributed by atoms with E-state index in [4.69, 9.17) is 10.8 Å². The van der Waals surface area contributed by atoms with Crippen LogP contribution in [-0.2, 0) is 0 Å². The standard InChI is InChI=1S/C7H10BrN3OS/c1-4(3-12)13-7-10-5(8)2-6(9)11-7/h2,4,12H,3H2,1H3,(H2,9,10,11). The van der Waals surface area contributed by atoms with Crippen LogP contribution < -0.4 is 5.73 Å². The molecule has 0 saturated heterocycles. The molecule has 0 aromatic carbocycles. The van der Waals surface area contributed by atoms with E-state index < -0.39 is 0 Å². The molecule has 1 rings (SSSR count). The molecule has 3 N–H and O–H groups in total. The molecule has 1 heterocycles. The number of anilines is 1. The number of thioether (sulfide) groups is 1. The summed E-state index contributed by atoms with van der Waals surface area (Å²) in [5, 5.41) is 9.47. The van der Waals surface area contributed by atoms with Crippen molar-refractivity contribution in [1.29, 1.82) is 0 Å². The number of hydrogen-bond donors (Lipinski definition) is 2. The van der Waals surface area contributed by atoms with E-state index in [-0.39, 0.29) is 11.9 Å². The predicted octanol–water partition coefficient (Wildman–Crippen LogP) is 1.29. The Kier molecular flexibility index (Phi) is 3.95. The molecule has 0 amide bonds. The molecule has 0 aliphatic carbocycles. The number of nitrogens with zero attached hydrogens (tertiary/aromatic N) is 2. The van der Waals surface area contributed by atoms with Gasteiger partial charge in [-0.3, -0.25) is 0 Å². The zero-order valence-electron chi connectivity index (χ0n) is 7.07. The molecule has 0 aliphatic heterocycles. The van der Waals surface area contributed by atoms with Gasteiger partial charge >= 0.3 is 0 Å². The molecule has 0 saturated carbocycles. The topological polar surface area (TPSA) is 72.0 Å². The first-order valence-corrected chi connectivity index (χ1v) is 5.36. The second kappa shape index (κ2) is 4.78. The van der Waals surface area contributed by atoms with Gasteiger partial charge in [0, 0.05) is 11.3 Å². The Bertz CT molecular complexity index is 277. The maximum absolute atomic E-state index is 8.82. The summed E-state index contributed by atoms with van der Waals surface area (Å²) >= 11 is 4.61. The van der Waals surface area contributed by atoms with E-state index >= 15 is 0 Å². The molecule has 1 aromatic rings. The van der Waals surface area contributed by atoms with Crippen molar-refractivity contribution >= 4 is 33.5 Å². The van der Waals surface area contributed by atoms with Crippen molar-refractivity contribution in [1.82, 2.24) is 9.97 Å². The number of rotatable bonds is 3. The minimum Gasteiger partial charge on any atom is -0.395 e. The van der Waals surface area contributed by atoms with E-state index in [1.54, 1.807) is 6.07 Å². The Balaban J connectivity index is 2.77. The summed E-state index contributed by atoms with van der Waals surface area (Å²) in [5.74, 6) is 0.425. The van der Waals surface area contributed by atoms with E-state index in [2.05, 4.69) is 25.9 Å². The number of nitrogen functional groups attached to an aromatic ring is 1. The van der Waals surface area contributed by atoms with Gasteiger partial charge in [-0.1, -0.05) is 18.7 Å². The van der Waals surface area contributed by atoms with Gasteiger partial charge in [0.1, 0.15) is 10.4 Å². The minimum absolute atomic E-state index is 0.0775. The Morgan fingerprint density at radius 2 is 2.38 bits per heavy atom. The van der Waals surface area contributed by atoms with Crippen LogP contribution in [0.1, 0.15) is 6.92 Å². The highest BCUT2D eigenvalue weighted by molar-refractivity contribution is 9.10. The quantitative estimate of drug-likeness (QED) is 0.489. The number of hydrogen-bond acceptors (Lipinski definition) is 5. The van der Waals surface area contributed by atoms with Crippen LogP contribution in [0.25, 0.3) is 0 Å². The van der Waals surface area contributed by atoms with Gasteiger partial charge in [0.25, 0.3) is 0 Å². The van der Waals surface area contributed by atoms with Gasteiger partial charge in [0.15, 0.2) is 5.16 Å². The molecular weight excluding hydrogens is 254 g/mol. The van der Waals surface area contributed by atoms with Gasteiger partial charge in [-0.25, -0.2) is 9.97 Å². The Morgan fingerprint density at radius 1 is 1.69 bits per heavy atom. The van der Waals surface area contributed by atoms with E-state index in [0.717, 1.165) is 0 Å². The van der Waals surface area contributed by atoms with Gasteiger partial charge in [0.05, 0.1) is 6.61 Å². The summed E-state index contributed by atoms with van der Waals surface area (Å²) in [4.78, 5) is 8.11. The lowest BCUT2D eigenvalue weighted by atomic mass is 10.5. The monoisotopic (exact) mass is 263 g/mol. The Hall–Kier alpha value is -0.330. The fourth-order valence-corrected chi connectivity index (χ4v) is 1.95. The molecule has 0 spiro atoms. The van der Waals surface area contributed by atoms with E-state index in [9.17, 15) is 0 Å². The number of nitrogens with two attached hydrogens (primary N) is 1. The van der Waals surface area contributed by atoms with Crippen molar-refractivity contribution in [3.05, 3.63) is 10.7 Å². The van der Waals surface area contributed by atoms with E-state index in [1.165, 1.54) is 11.8 Å². The highest BCUT2D eigenvalue weighted by Gasteiger charge is 2.06. The van der Waals surface area contributed by atoms with Crippen LogP contribution >= 0.6 is 27.7 Å². The van der Waals surface area contributed by atoms with Crippen LogP contribution in [0.15, 0.2) is 15.8 Å². The normalized spacial score (nSPS) is 12.8. The average molecular weight is 264 g/mol. The smallest absolute Gasteiger partial charge is 0.190 e. The number of aliphatic hydroxyl groups is 1. The SMILES string of the molecule is CC(CO)Sc1nc(N)cc(Br)n1. The highest BCUT2D eigenvalue weighted by Crippen LogP contribution is 2.21. The third-order valence-corrected chi connectivity index (χ3v) is 2.61. The summed E-state index contributed by atoms with van der Waals surface area (Å²) in [5.41, 5.74) is 5.52. The lowest BCUT2D eigenvalue weighted by molar-refractivity contribution is 0.300. The molecule has 1 aromatic heterocycles.